The highest BCUT2D eigenvalue weighted by molar-refractivity contribution is 7.22. The average molecular weight is 461 g/mol. The minimum absolute atomic E-state index is 0.0359. The minimum atomic E-state index is -0.468. The van der Waals surface area contributed by atoms with Crippen LogP contribution in [0.2, 0.25) is 0 Å². The molecule has 166 valence electrons. The lowest BCUT2D eigenvalue weighted by atomic mass is 10.2. The number of hydrogen-bond donors (Lipinski definition) is 0. The standard InChI is InChI=1S/C24H20N4O4S/c1-2-32-20-10-11-21-22(15-20)33-24(26-21)27(16-18-7-3-4-13-25-18)23(29)12-9-17-6-5-8-19(14-17)28(30)31/h3-15H,2,16H2,1H3/b12-9+. The Morgan fingerprint density at radius 3 is 2.82 bits per heavy atom. The third kappa shape index (κ3) is 5.39. The van der Waals surface area contributed by atoms with Gasteiger partial charge >= 0.3 is 0 Å². The fraction of sp³-hybridized carbons (Fsp3) is 0.125. The number of ether oxygens (including phenoxy) is 1. The van der Waals surface area contributed by atoms with Crippen LogP contribution >= 0.6 is 11.3 Å². The van der Waals surface area contributed by atoms with Crippen molar-refractivity contribution >= 4 is 44.4 Å². The first-order valence-corrected chi connectivity index (χ1v) is 11.0. The van der Waals surface area contributed by atoms with E-state index in [1.165, 1.54) is 29.5 Å². The number of fused-ring (bicyclic) bond motifs is 1. The number of nitrogens with zero attached hydrogens (tertiary/aromatic N) is 4. The van der Waals surface area contributed by atoms with Crippen LogP contribution in [-0.4, -0.2) is 27.4 Å². The number of benzene rings is 2. The number of nitro groups is 1. The van der Waals surface area contributed by atoms with Crippen LogP contribution in [0.4, 0.5) is 10.8 Å². The molecule has 1 amide bonds. The fourth-order valence-electron chi connectivity index (χ4n) is 3.16. The lowest BCUT2D eigenvalue weighted by Gasteiger charge is -2.17. The number of hydrogen-bond acceptors (Lipinski definition) is 7. The van der Waals surface area contributed by atoms with Gasteiger partial charge in [-0.3, -0.25) is 24.8 Å². The summed E-state index contributed by atoms with van der Waals surface area (Å²) in [7, 11) is 0. The minimum Gasteiger partial charge on any atom is -0.494 e. The molecular formula is C24H20N4O4S. The summed E-state index contributed by atoms with van der Waals surface area (Å²) in [6.07, 6.45) is 4.62. The Labute approximate surface area is 193 Å². The van der Waals surface area contributed by atoms with Crippen molar-refractivity contribution < 1.29 is 14.5 Å². The summed E-state index contributed by atoms with van der Waals surface area (Å²) in [5, 5.41) is 11.5. The number of non-ortho nitro benzene ring substituents is 1. The van der Waals surface area contributed by atoms with Crippen LogP contribution in [0.15, 0.2) is 72.9 Å². The number of carbonyl (C=O) groups excluding carboxylic acids is 1. The third-order valence-corrected chi connectivity index (χ3v) is 5.74. The zero-order chi connectivity index (χ0) is 23.2. The van der Waals surface area contributed by atoms with Crippen LogP contribution < -0.4 is 9.64 Å². The zero-order valence-electron chi connectivity index (χ0n) is 17.7. The first kappa shape index (κ1) is 22.1. The molecule has 2 aromatic heterocycles. The van der Waals surface area contributed by atoms with Gasteiger partial charge in [-0.2, -0.15) is 0 Å². The first-order chi connectivity index (χ1) is 16.0. The Hall–Kier alpha value is -4.11. The highest BCUT2D eigenvalue weighted by Crippen LogP contribution is 2.32. The van der Waals surface area contributed by atoms with Gasteiger partial charge in [-0.25, -0.2) is 4.98 Å². The predicted octanol–water partition coefficient (Wildman–Crippen LogP) is 5.24. The Bertz CT molecular complexity index is 1320. The van der Waals surface area contributed by atoms with E-state index < -0.39 is 4.92 Å². The molecule has 0 saturated carbocycles. The molecule has 8 nitrogen and oxygen atoms in total. The number of rotatable bonds is 8. The van der Waals surface area contributed by atoms with Crippen LogP contribution in [-0.2, 0) is 11.3 Å². The summed E-state index contributed by atoms with van der Waals surface area (Å²) in [6.45, 7) is 2.71. The highest BCUT2D eigenvalue weighted by Gasteiger charge is 2.19. The second kappa shape index (κ2) is 10.0. The Balaban J connectivity index is 1.66. The first-order valence-electron chi connectivity index (χ1n) is 10.2. The molecule has 0 spiro atoms. The second-order valence-corrected chi connectivity index (χ2v) is 8.00. The number of anilines is 1. The lowest BCUT2D eigenvalue weighted by molar-refractivity contribution is -0.384. The molecule has 0 atom stereocenters. The van der Waals surface area contributed by atoms with Crippen molar-refractivity contribution in [1.82, 2.24) is 9.97 Å². The molecule has 4 aromatic rings. The summed E-state index contributed by atoms with van der Waals surface area (Å²) in [4.78, 5) is 34.3. The Kier molecular flexibility index (Phi) is 6.70. The normalized spacial score (nSPS) is 11.1. The van der Waals surface area contributed by atoms with Crippen molar-refractivity contribution in [3.63, 3.8) is 0 Å². The van der Waals surface area contributed by atoms with Crippen molar-refractivity contribution in [1.29, 1.82) is 0 Å². The van der Waals surface area contributed by atoms with E-state index >= 15 is 0 Å². The molecule has 4 rings (SSSR count). The van der Waals surface area contributed by atoms with Crippen molar-refractivity contribution in [2.75, 3.05) is 11.5 Å². The molecule has 0 N–H and O–H groups in total. The zero-order valence-corrected chi connectivity index (χ0v) is 18.6. The van der Waals surface area contributed by atoms with Crippen molar-refractivity contribution in [3.05, 3.63) is 94.3 Å². The van der Waals surface area contributed by atoms with Crippen molar-refractivity contribution in [2.45, 2.75) is 13.5 Å². The van der Waals surface area contributed by atoms with E-state index in [9.17, 15) is 14.9 Å². The number of amides is 1. The molecule has 9 heteroatoms. The van der Waals surface area contributed by atoms with E-state index in [0.717, 1.165) is 16.0 Å². The van der Waals surface area contributed by atoms with Gasteiger partial charge in [0.05, 0.1) is 34.0 Å². The number of thiazole rings is 1. The molecule has 2 aromatic carbocycles. The largest absolute Gasteiger partial charge is 0.494 e. The number of pyridine rings is 1. The van der Waals surface area contributed by atoms with Gasteiger partial charge in [0.2, 0.25) is 0 Å². The van der Waals surface area contributed by atoms with Crippen LogP contribution in [0, 0.1) is 10.1 Å². The maximum absolute atomic E-state index is 13.2. The molecule has 0 saturated heterocycles. The van der Waals surface area contributed by atoms with Gasteiger partial charge in [0.1, 0.15) is 5.75 Å². The quantitative estimate of drug-likeness (QED) is 0.202. The monoisotopic (exact) mass is 460 g/mol. The van der Waals surface area contributed by atoms with E-state index in [4.69, 9.17) is 4.74 Å². The molecular weight excluding hydrogens is 440 g/mol. The second-order valence-electron chi connectivity index (χ2n) is 6.99. The van der Waals surface area contributed by atoms with E-state index in [1.807, 2.05) is 43.3 Å². The summed E-state index contributed by atoms with van der Waals surface area (Å²) in [5.41, 5.74) is 2.00. The third-order valence-electron chi connectivity index (χ3n) is 4.70. The van der Waals surface area contributed by atoms with E-state index in [1.54, 1.807) is 29.3 Å². The maximum atomic E-state index is 13.2. The number of nitro benzene ring substituents is 1. The molecule has 33 heavy (non-hydrogen) atoms. The fourth-order valence-corrected chi connectivity index (χ4v) is 4.16. The number of aromatic nitrogens is 2. The lowest BCUT2D eigenvalue weighted by Crippen LogP contribution is -2.29. The van der Waals surface area contributed by atoms with Gasteiger partial charge in [0.25, 0.3) is 11.6 Å². The molecule has 0 aliphatic carbocycles. The van der Waals surface area contributed by atoms with Gasteiger partial charge in [-0.15, -0.1) is 0 Å². The smallest absolute Gasteiger partial charge is 0.270 e. The van der Waals surface area contributed by atoms with Gasteiger partial charge < -0.3 is 4.74 Å². The predicted molar refractivity (Wildman–Crippen MR) is 128 cm³/mol. The summed E-state index contributed by atoms with van der Waals surface area (Å²) < 4.78 is 6.47. The topological polar surface area (TPSA) is 98.5 Å². The van der Waals surface area contributed by atoms with Crippen molar-refractivity contribution in [3.8, 4) is 5.75 Å². The van der Waals surface area contributed by atoms with Crippen LogP contribution in [0.25, 0.3) is 16.3 Å². The van der Waals surface area contributed by atoms with Crippen LogP contribution in [0.5, 0.6) is 5.75 Å². The maximum Gasteiger partial charge on any atom is 0.270 e. The molecule has 0 radical (unpaired) electrons. The van der Waals surface area contributed by atoms with E-state index in [-0.39, 0.29) is 18.1 Å². The Morgan fingerprint density at radius 1 is 1.18 bits per heavy atom. The molecule has 0 bridgehead atoms. The van der Waals surface area contributed by atoms with Crippen LogP contribution in [0.3, 0.4) is 0 Å². The molecule has 2 heterocycles. The summed E-state index contributed by atoms with van der Waals surface area (Å²) in [5.74, 6) is 0.435. The molecule has 0 aliphatic rings. The van der Waals surface area contributed by atoms with E-state index in [0.29, 0.717) is 23.0 Å². The summed E-state index contributed by atoms with van der Waals surface area (Å²) >= 11 is 1.38. The molecule has 0 fully saturated rings. The SMILES string of the molecule is CCOc1ccc2nc(N(Cc3ccccn3)C(=O)/C=C/c3cccc([N+](=O)[O-])c3)sc2c1. The highest BCUT2D eigenvalue weighted by atomic mass is 32.1. The van der Waals surface area contributed by atoms with Gasteiger partial charge in [0, 0.05) is 24.4 Å². The Morgan fingerprint density at radius 2 is 2.06 bits per heavy atom. The van der Waals surface area contributed by atoms with Crippen molar-refractivity contribution in [2.24, 2.45) is 0 Å². The van der Waals surface area contributed by atoms with E-state index in [2.05, 4.69) is 9.97 Å². The van der Waals surface area contributed by atoms with Crippen LogP contribution in [0.1, 0.15) is 18.2 Å². The summed E-state index contributed by atoms with van der Waals surface area (Å²) in [6, 6.07) is 17.2. The van der Waals surface area contributed by atoms with Gasteiger partial charge in [-0.1, -0.05) is 29.5 Å². The van der Waals surface area contributed by atoms with Gasteiger partial charge in [0.15, 0.2) is 5.13 Å². The number of carbonyl (C=O) groups is 1. The molecule has 0 aliphatic heterocycles. The van der Waals surface area contributed by atoms with Gasteiger partial charge in [-0.05, 0) is 48.9 Å². The molecule has 0 unspecified atom stereocenters. The average Bonchev–Trinajstić information content (AvgIpc) is 3.25.